The van der Waals surface area contributed by atoms with Crippen LogP contribution in [0.2, 0.25) is 0 Å². The Kier molecular flexibility index (Phi) is 6.40. The van der Waals surface area contributed by atoms with Crippen molar-refractivity contribution in [1.82, 2.24) is 15.1 Å². The third-order valence-corrected chi connectivity index (χ3v) is 4.58. The van der Waals surface area contributed by atoms with Crippen LogP contribution < -0.4 is 10.1 Å². The second kappa shape index (κ2) is 8.95. The van der Waals surface area contributed by atoms with E-state index in [2.05, 4.69) is 5.32 Å². The molecule has 1 aromatic rings. The molecule has 142 valence electrons. The van der Waals surface area contributed by atoms with Crippen molar-refractivity contribution in [2.45, 2.75) is 12.5 Å². The Balaban J connectivity index is 1.39. The highest BCUT2D eigenvalue weighted by atomic mass is 19.1. The number of morpholine rings is 1. The van der Waals surface area contributed by atoms with Crippen LogP contribution in [0.15, 0.2) is 24.3 Å². The van der Waals surface area contributed by atoms with Gasteiger partial charge in [-0.2, -0.15) is 0 Å². The normalized spacial score (nSPS) is 20.7. The fraction of sp³-hybridized carbons (Fsp3) is 0.556. The number of carbonyl (C=O) groups is 2. The van der Waals surface area contributed by atoms with Gasteiger partial charge < -0.3 is 24.6 Å². The lowest BCUT2D eigenvalue weighted by molar-refractivity contribution is -0.141. The lowest BCUT2D eigenvalue weighted by Crippen LogP contribution is -2.53. The average Bonchev–Trinajstić information content (AvgIpc) is 2.68. The van der Waals surface area contributed by atoms with E-state index in [0.29, 0.717) is 51.6 Å². The van der Waals surface area contributed by atoms with Gasteiger partial charge >= 0.3 is 0 Å². The number of rotatable bonds is 5. The highest BCUT2D eigenvalue weighted by Gasteiger charge is 2.26. The van der Waals surface area contributed by atoms with Crippen LogP contribution in [-0.4, -0.2) is 80.2 Å². The van der Waals surface area contributed by atoms with Gasteiger partial charge in [-0.25, -0.2) is 4.39 Å². The number of benzene rings is 1. The van der Waals surface area contributed by atoms with Crippen molar-refractivity contribution in [1.29, 1.82) is 0 Å². The van der Waals surface area contributed by atoms with E-state index in [0.717, 1.165) is 6.54 Å². The van der Waals surface area contributed by atoms with Crippen molar-refractivity contribution < 1.29 is 23.5 Å². The van der Waals surface area contributed by atoms with Gasteiger partial charge in [-0.05, 0) is 24.3 Å². The molecule has 0 bridgehead atoms. The van der Waals surface area contributed by atoms with Gasteiger partial charge in [0.2, 0.25) is 5.91 Å². The first kappa shape index (κ1) is 18.6. The molecule has 26 heavy (non-hydrogen) atoms. The Labute approximate surface area is 152 Å². The molecule has 2 saturated heterocycles. The number of nitrogens with zero attached hydrogens (tertiary/aromatic N) is 2. The van der Waals surface area contributed by atoms with Crippen LogP contribution in [0.5, 0.6) is 5.75 Å². The molecule has 0 aliphatic carbocycles. The number of hydrogen-bond donors (Lipinski definition) is 1. The molecule has 2 amide bonds. The summed E-state index contributed by atoms with van der Waals surface area (Å²) in [6, 6.07) is 5.62. The van der Waals surface area contributed by atoms with Crippen LogP contribution in [0.3, 0.4) is 0 Å². The summed E-state index contributed by atoms with van der Waals surface area (Å²) in [5.41, 5.74) is 0. The maximum atomic E-state index is 12.9. The zero-order chi connectivity index (χ0) is 18.4. The monoisotopic (exact) mass is 365 g/mol. The van der Waals surface area contributed by atoms with Gasteiger partial charge in [0.25, 0.3) is 5.91 Å². The summed E-state index contributed by atoms with van der Waals surface area (Å²) < 4.78 is 23.6. The number of nitrogens with one attached hydrogen (secondary N) is 1. The fourth-order valence-electron chi connectivity index (χ4n) is 3.06. The average molecular weight is 365 g/mol. The highest BCUT2D eigenvalue weighted by Crippen LogP contribution is 2.12. The van der Waals surface area contributed by atoms with Gasteiger partial charge in [0.15, 0.2) is 6.61 Å². The van der Waals surface area contributed by atoms with Crippen molar-refractivity contribution in [2.75, 3.05) is 52.5 Å². The molecular weight excluding hydrogens is 341 g/mol. The van der Waals surface area contributed by atoms with Crippen LogP contribution >= 0.6 is 0 Å². The molecule has 8 heteroatoms. The Hall–Kier alpha value is -2.19. The third kappa shape index (κ3) is 5.15. The number of halogens is 1. The minimum atomic E-state index is -0.348. The first-order chi connectivity index (χ1) is 12.6. The number of amides is 2. The number of ether oxygens (including phenoxy) is 2. The molecule has 1 atom stereocenters. The van der Waals surface area contributed by atoms with E-state index < -0.39 is 0 Å². The molecule has 2 fully saturated rings. The zero-order valence-electron chi connectivity index (χ0n) is 14.7. The predicted molar refractivity (Wildman–Crippen MR) is 92.3 cm³/mol. The molecule has 2 heterocycles. The number of piperazine rings is 1. The summed E-state index contributed by atoms with van der Waals surface area (Å²) >= 11 is 0. The molecule has 0 radical (unpaired) electrons. The summed E-state index contributed by atoms with van der Waals surface area (Å²) in [5, 5.41) is 3.27. The number of carbonyl (C=O) groups excluding carboxylic acids is 2. The third-order valence-electron chi connectivity index (χ3n) is 4.58. The number of hydrogen-bond acceptors (Lipinski definition) is 5. The molecule has 0 spiro atoms. The molecule has 0 saturated carbocycles. The highest BCUT2D eigenvalue weighted by molar-refractivity contribution is 5.79. The first-order valence-corrected chi connectivity index (χ1v) is 8.87. The van der Waals surface area contributed by atoms with E-state index >= 15 is 0 Å². The summed E-state index contributed by atoms with van der Waals surface area (Å²) in [4.78, 5) is 28.1. The molecule has 7 nitrogen and oxygen atoms in total. The molecule has 2 aliphatic rings. The standard InChI is InChI=1S/C18H24FN3O4/c19-14-1-3-16(4-2-14)26-13-18(24)22-8-6-21(7-9-22)17(23)11-15-12-25-10-5-20-15/h1-4,15,20H,5-13H2. The fourth-order valence-corrected chi connectivity index (χ4v) is 3.06. The van der Waals surface area contributed by atoms with Crippen molar-refractivity contribution in [3.8, 4) is 5.75 Å². The van der Waals surface area contributed by atoms with Crippen molar-refractivity contribution in [2.24, 2.45) is 0 Å². The molecule has 1 unspecified atom stereocenters. The van der Waals surface area contributed by atoms with Crippen LogP contribution in [0.25, 0.3) is 0 Å². The summed E-state index contributed by atoms with van der Waals surface area (Å²) in [6.45, 7) is 3.95. The Bertz CT molecular complexity index is 611. The van der Waals surface area contributed by atoms with Crippen LogP contribution in [-0.2, 0) is 14.3 Å². The van der Waals surface area contributed by atoms with Crippen LogP contribution in [0, 0.1) is 5.82 Å². The quantitative estimate of drug-likeness (QED) is 0.810. The van der Waals surface area contributed by atoms with E-state index in [-0.39, 0.29) is 30.3 Å². The Morgan fingerprint density at radius 2 is 1.77 bits per heavy atom. The van der Waals surface area contributed by atoms with Crippen molar-refractivity contribution >= 4 is 11.8 Å². The lowest BCUT2D eigenvalue weighted by atomic mass is 10.1. The maximum absolute atomic E-state index is 12.9. The molecule has 3 rings (SSSR count). The molecular formula is C18H24FN3O4. The second-order valence-corrected chi connectivity index (χ2v) is 6.43. The summed E-state index contributed by atoms with van der Waals surface area (Å²) in [5.74, 6) is 0.0571. The van der Waals surface area contributed by atoms with Gasteiger partial charge in [0.05, 0.1) is 13.2 Å². The van der Waals surface area contributed by atoms with Crippen molar-refractivity contribution in [3.63, 3.8) is 0 Å². The molecule has 0 aromatic heterocycles. The van der Waals surface area contributed by atoms with E-state index in [9.17, 15) is 14.0 Å². The zero-order valence-corrected chi connectivity index (χ0v) is 14.7. The van der Waals surface area contributed by atoms with E-state index in [1.165, 1.54) is 24.3 Å². The Morgan fingerprint density at radius 3 is 2.38 bits per heavy atom. The van der Waals surface area contributed by atoms with Crippen LogP contribution in [0.1, 0.15) is 6.42 Å². The topological polar surface area (TPSA) is 71.1 Å². The maximum Gasteiger partial charge on any atom is 0.260 e. The van der Waals surface area contributed by atoms with Gasteiger partial charge in [0, 0.05) is 45.2 Å². The van der Waals surface area contributed by atoms with Crippen molar-refractivity contribution in [3.05, 3.63) is 30.1 Å². The first-order valence-electron chi connectivity index (χ1n) is 8.87. The molecule has 2 aliphatic heterocycles. The van der Waals surface area contributed by atoms with E-state index in [4.69, 9.17) is 9.47 Å². The minimum Gasteiger partial charge on any atom is -0.484 e. The SMILES string of the molecule is O=C(COc1ccc(F)cc1)N1CCN(C(=O)CC2COCCN2)CC1. The lowest BCUT2D eigenvalue weighted by Gasteiger charge is -2.35. The van der Waals surface area contributed by atoms with Crippen LogP contribution in [0.4, 0.5) is 4.39 Å². The summed E-state index contributed by atoms with van der Waals surface area (Å²) in [6.07, 6.45) is 0.418. The smallest absolute Gasteiger partial charge is 0.260 e. The van der Waals surface area contributed by atoms with E-state index in [1.54, 1.807) is 9.80 Å². The minimum absolute atomic E-state index is 0.0695. The van der Waals surface area contributed by atoms with E-state index in [1.807, 2.05) is 0 Å². The van der Waals surface area contributed by atoms with Gasteiger partial charge in [-0.1, -0.05) is 0 Å². The second-order valence-electron chi connectivity index (χ2n) is 6.43. The predicted octanol–water partition coefficient (Wildman–Crippen LogP) is 0.254. The molecule has 1 N–H and O–H groups in total. The largest absolute Gasteiger partial charge is 0.484 e. The molecule has 1 aromatic carbocycles. The summed E-state index contributed by atoms with van der Waals surface area (Å²) in [7, 11) is 0. The van der Waals surface area contributed by atoms with Gasteiger partial charge in [0.1, 0.15) is 11.6 Å². The van der Waals surface area contributed by atoms with Gasteiger partial charge in [-0.3, -0.25) is 9.59 Å². The Morgan fingerprint density at radius 1 is 1.12 bits per heavy atom. The van der Waals surface area contributed by atoms with Gasteiger partial charge in [-0.15, -0.1) is 0 Å².